The van der Waals surface area contributed by atoms with Gasteiger partial charge in [-0.05, 0) is 68.8 Å². The van der Waals surface area contributed by atoms with Crippen LogP contribution in [-0.2, 0) is 10.8 Å². The molecule has 0 N–H and O–H groups in total. The lowest BCUT2D eigenvalue weighted by Crippen LogP contribution is -2.43. The Morgan fingerprint density at radius 2 is 0.831 bits per heavy atom. The molecule has 3 heteroatoms. The number of ether oxygens (including phenoxy) is 1. The zero-order valence-corrected chi connectivity index (χ0v) is 32.9. The molecule has 0 atom stereocenters. The van der Waals surface area contributed by atoms with Gasteiger partial charge < -0.3 is 4.74 Å². The molecular weight excluding hydrogens is 717 g/mol. The highest BCUT2D eigenvalue weighted by molar-refractivity contribution is 5.84. The summed E-state index contributed by atoms with van der Waals surface area (Å²) in [5.41, 5.74) is 16.3. The number of rotatable bonds is 5. The Morgan fingerprint density at radius 3 is 1.51 bits per heavy atom. The Labute approximate surface area is 345 Å². The summed E-state index contributed by atoms with van der Waals surface area (Å²) in [6, 6.07) is 73.5. The fraction of sp³-hybridized carbons (Fsp3) is 0.0714. The van der Waals surface area contributed by atoms with E-state index in [1.165, 1.54) is 38.9 Å². The Morgan fingerprint density at radius 1 is 0.339 bits per heavy atom. The van der Waals surface area contributed by atoms with E-state index in [0.29, 0.717) is 5.82 Å². The zero-order chi connectivity index (χ0) is 39.6. The van der Waals surface area contributed by atoms with Crippen molar-refractivity contribution in [2.24, 2.45) is 0 Å². The van der Waals surface area contributed by atoms with Crippen molar-refractivity contribution in [2.75, 3.05) is 0 Å². The van der Waals surface area contributed by atoms with Gasteiger partial charge in [-0.3, -0.25) is 0 Å². The predicted molar refractivity (Wildman–Crippen MR) is 240 cm³/mol. The normalized spacial score (nSPS) is 14.0. The Kier molecular flexibility index (Phi) is 8.06. The molecule has 0 fully saturated rings. The molecular formula is C56H40N2O. The molecule has 1 aliphatic carbocycles. The minimum Gasteiger partial charge on any atom is -0.457 e. The van der Waals surface area contributed by atoms with E-state index in [1.807, 2.05) is 6.07 Å². The van der Waals surface area contributed by atoms with Gasteiger partial charge in [0.05, 0.1) is 16.8 Å². The van der Waals surface area contributed by atoms with Crippen LogP contribution in [0, 0.1) is 0 Å². The Bertz CT molecular complexity index is 2990. The summed E-state index contributed by atoms with van der Waals surface area (Å²) >= 11 is 0. The summed E-state index contributed by atoms with van der Waals surface area (Å²) in [6.07, 6.45) is 0. The van der Waals surface area contributed by atoms with E-state index >= 15 is 0 Å². The van der Waals surface area contributed by atoms with Gasteiger partial charge in [0, 0.05) is 33.2 Å². The van der Waals surface area contributed by atoms with E-state index in [4.69, 9.17) is 14.7 Å². The van der Waals surface area contributed by atoms with Gasteiger partial charge in [0.25, 0.3) is 0 Å². The monoisotopic (exact) mass is 756 g/mol. The number of fused-ring (bicyclic) bond motifs is 8. The van der Waals surface area contributed by atoms with E-state index in [-0.39, 0.29) is 5.41 Å². The van der Waals surface area contributed by atoms with E-state index in [9.17, 15) is 0 Å². The molecule has 1 aromatic heterocycles. The smallest absolute Gasteiger partial charge is 0.160 e. The Hall–Kier alpha value is -7.36. The molecule has 0 bridgehead atoms. The van der Waals surface area contributed by atoms with Crippen molar-refractivity contribution in [1.29, 1.82) is 0 Å². The van der Waals surface area contributed by atoms with Gasteiger partial charge >= 0.3 is 0 Å². The third kappa shape index (κ3) is 5.50. The average Bonchev–Trinajstić information content (AvgIpc) is 3.31. The molecule has 0 saturated heterocycles. The molecule has 1 spiro atoms. The Balaban J connectivity index is 1.04. The van der Waals surface area contributed by atoms with Gasteiger partial charge in [0.1, 0.15) is 11.5 Å². The fourth-order valence-corrected chi connectivity index (χ4v) is 9.65. The summed E-state index contributed by atoms with van der Waals surface area (Å²) in [5.74, 6) is 2.49. The zero-order valence-electron chi connectivity index (χ0n) is 32.9. The van der Waals surface area contributed by atoms with E-state index in [2.05, 4.69) is 214 Å². The van der Waals surface area contributed by atoms with Crippen molar-refractivity contribution in [3.8, 4) is 67.7 Å². The minimum atomic E-state index is -0.535. The van der Waals surface area contributed by atoms with Crippen LogP contribution in [0.4, 0.5) is 0 Å². The third-order valence-electron chi connectivity index (χ3n) is 12.5. The van der Waals surface area contributed by atoms with Crippen molar-refractivity contribution < 1.29 is 4.74 Å². The molecule has 11 rings (SSSR count). The first-order valence-electron chi connectivity index (χ1n) is 20.3. The second-order valence-corrected chi connectivity index (χ2v) is 16.1. The molecule has 0 saturated carbocycles. The highest BCUT2D eigenvalue weighted by Crippen LogP contribution is 2.61. The van der Waals surface area contributed by atoms with E-state index in [0.717, 1.165) is 56.3 Å². The maximum Gasteiger partial charge on any atom is 0.160 e. The van der Waals surface area contributed by atoms with Crippen molar-refractivity contribution in [3.05, 3.63) is 240 Å². The molecule has 0 amide bonds. The lowest BCUT2D eigenvalue weighted by atomic mass is 9.53. The van der Waals surface area contributed by atoms with Gasteiger partial charge in [-0.25, -0.2) is 9.97 Å². The summed E-state index contributed by atoms with van der Waals surface area (Å²) in [7, 11) is 0. The summed E-state index contributed by atoms with van der Waals surface area (Å²) in [4.78, 5) is 10.4. The first kappa shape index (κ1) is 34.9. The summed E-state index contributed by atoms with van der Waals surface area (Å²) in [6.45, 7) is 4.73. The highest BCUT2D eigenvalue weighted by atomic mass is 16.5. The maximum atomic E-state index is 6.61. The van der Waals surface area contributed by atoms with Crippen LogP contribution in [-0.4, -0.2) is 9.97 Å². The molecule has 3 nitrogen and oxygen atoms in total. The second-order valence-electron chi connectivity index (χ2n) is 16.1. The number of hydrogen-bond acceptors (Lipinski definition) is 3. The van der Waals surface area contributed by atoms with Gasteiger partial charge in [0.15, 0.2) is 5.82 Å². The SMILES string of the molecule is CC1(C)c2ccccc2C2(c3ccccc3Oc3ccccc32)c2ccc(-c3ccc(-c4nc(-c5ccccc5)cc(-c5ccccc5-c5ccccc5)n4)cc3)cc21. The van der Waals surface area contributed by atoms with Gasteiger partial charge in [-0.1, -0.05) is 196 Å². The molecule has 2 aliphatic rings. The quantitative estimate of drug-likeness (QED) is 0.175. The number of nitrogens with zero attached hydrogens (tertiary/aromatic N) is 2. The molecule has 8 aromatic carbocycles. The lowest BCUT2D eigenvalue weighted by molar-refractivity contribution is 0.425. The molecule has 59 heavy (non-hydrogen) atoms. The standard InChI is InChI=1S/C56H40N2O/c1-55(2)44-23-11-12-24-45(44)56(47-25-13-15-27-52(47)59-53-28-16-14-26-48(53)56)46-34-33-41(35-49(46)55)37-29-31-40(32-30-37)54-57-50(39-19-7-4-8-20-39)36-51(58-54)43-22-10-9-21-42(43)38-17-5-3-6-18-38/h3-36H,1-2H3. The number of aromatic nitrogens is 2. The van der Waals surface area contributed by atoms with Crippen LogP contribution in [0.5, 0.6) is 11.5 Å². The van der Waals surface area contributed by atoms with Gasteiger partial charge in [0.2, 0.25) is 0 Å². The molecule has 0 radical (unpaired) electrons. The largest absolute Gasteiger partial charge is 0.457 e. The van der Waals surface area contributed by atoms with Crippen molar-refractivity contribution in [1.82, 2.24) is 9.97 Å². The number of hydrogen-bond donors (Lipinski definition) is 0. The van der Waals surface area contributed by atoms with Crippen molar-refractivity contribution in [3.63, 3.8) is 0 Å². The molecule has 2 heterocycles. The lowest BCUT2D eigenvalue weighted by Gasteiger charge is -2.50. The highest BCUT2D eigenvalue weighted by Gasteiger charge is 2.52. The van der Waals surface area contributed by atoms with Crippen LogP contribution in [0.3, 0.4) is 0 Å². The van der Waals surface area contributed by atoms with E-state index < -0.39 is 5.41 Å². The van der Waals surface area contributed by atoms with Crippen LogP contribution in [0.1, 0.15) is 47.2 Å². The van der Waals surface area contributed by atoms with E-state index in [1.54, 1.807) is 0 Å². The predicted octanol–water partition coefficient (Wildman–Crippen LogP) is 13.9. The maximum absolute atomic E-state index is 6.61. The average molecular weight is 757 g/mol. The first-order valence-corrected chi connectivity index (χ1v) is 20.3. The van der Waals surface area contributed by atoms with Crippen LogP contribution < -0.4 is 4.74 Å². The van der Waals surface area contributed by atoms with Crippen LogP contribution >= 0.6 is 0 Å². The van der Waals surface area contributed by atoms with Gasteiger partial charge in [-0.2, -0.15) is 0 Å². The topological polar surface area (TPSA) is 35.0 Å². The minimum absolute atomic E-state index is 0.256. The molecule has 280 valence electrons. The van der Waals surface area contributed by atoms with Crippen LogP contribution in [0.15, 0.2) is 206 Å². The van der Waals surface area contributed by atoms with Crippen LogP contribution in [0.2, 0.25) is 0 Å². The summed E-state index contributed by atoms with van der Waals surface area (Å²) < 4.78 is 6.61. The number of benzene rings is 8. The van der Waals surface area contributed by atoms with Crippen molar-refractivity contribution >= 4 is 0 Å². The molecule has 9 aromatic rings. The summed E-state index contributed by atoms with van der Waals surface area (Å²) in [5, 5.41) is 0. The van der Waals surface area contributed by atoms with Gasteiger partial charge in [-0.15, -0.1) is 0 Å². The molecule has 0 unspecified atom stereocenters. The number of para-hydroxylation sites is 2. The van der Waals surface area contributed by atoms with Crippen LogP contribution in [0.25, 0.3) is 56.2 Å². The second kappa shape index (κ2) is 13.6. The third-order valence-corrected chi connectivity index (χ3v) is 12.5. The first-order chi connectivity index (χ1) is 29.0. The van der Waals surface area contributed by atoms with Crippen molar-refractivity contribution in [2.45, 2.75) is 24.7 Å². The fourth-order valence-electron chi connectivity index (χ4n) is 9.65. The molecule has 1 aliphatic heterocycles.